The Morgan fingerprint density at radius 3 is 2.64 bits per heavy atom. The van der Waals surface area contributed by atoms with Gasteiger partial charge in [-0.25, -0.2) is 0 Å². The van der Waals surface area contributed by atoms with E-state index in [1.54, 1.807) is 7.11 Å². The largest absolute Gasteiger partial charge is 0.497 e. The van der Waals surface area contributed by atoms with Gasteiger partial charge in [0.2, 0.25) is 0 Å². The standard InChI is InChI=1S/C11H14BrNO/c1-14-11-5-3-10(4-6-11)9-13-8-2-7-12/h3-6,9H,2,7-8H2,1H3/b13-9+. The molecule has 76 valence electrons. The highest BCUT2D eigenvalue weighted by molar-refractivity contribution is 9.09. The maximum Gasteiger partial charge on any atom is 0.118 e. The number of rotatable bonds is 5. The zero-order valence-electron chi connectivity index (χ0n) is 8.24. The highest BCUT2D eigenvalue weighted by Crippen LogP contribution is 2.09. The molecule has 2 nitrogen and oxygen atoms in total. The van der Waals surface area contributed by atoms with Gasteiger partial charge in [-0.15, -0.1) is 0 Å². The quantitative estimate of drug-likeness (QED) is 0.451. The zero-order valence-corrected chi connectivity index (χ0v) is 9.83. The summed E-state index contributed by atoms with van der Waals surface area (Å²) in [7, 11) is 1.67. The van der Waals surface area contributed by atoms with Gasteiger partial charge in [0.1, 0.15) is 5.75 Å². The minimum atomic E-state index is 0.872. The lowest BCUT2D eigenvalue weighted by Crippen LogP contribution is -1.86. The number of benzene rings is 1. The van der Waals surface area contributed by atoms with Crippen LogP contribution in [-0.4, -0.2) is 25.2 Å². The minimum Gasteiger partial charge on any atom is -0.497 e. The Morgan fingerprint density at radius 2 is 2.07 bits per heavy atom. The molecule has 0 radical (unpaired) electrons. The van der Waals surface area contributed by atoms with Gasteiger partial charge in [-0.05, 0) is 36.2 Å². The lowest BCUT2D eigenvalue weighted by Gasteiger charge is -1.98. The monoisotopic (exact) mass is 255 g/mol. The summed E-state index contributed by atoms with van der Waals surface area (Å²) in [5.74, 6) is 0.877. The first kappa shape index (κ1) is 11.2. The van der Waals surface area contributed by atoms with Crippen LogP contribution in [0.3, 0.4) is 0 Å². The van der Waals surface area contributed by atoms with E-state index in [0.717, 1.165) is 29.6 Å². The van der Waals surface area contributed by atoms with Gasteiger partial charge in [-0.3, -0.25) is 4.99 Å². The van der Waals surface area contributed by atoms with Crippen LogP contribution in [0.25, 0.3) is 0 Å². The third-order valence-corrected chi connectivity index (χ3v) is 2.34. The Kier molecular flexibility index (Phi) is 5.30. The van der Waals surface area contributed by atoms with Crippen LogP contribution in [0.4, 0.5) is 0 Å². The summed E-state index contributed by atoms with van der Waals surface area (Å²) in [6.07, 6.45) is 2.97. The van der Waals surface area contributed by atoms with Gasteiger partial charge in [0.25, 0.3) is 0 Å². The predicted molar refractivity (Wildman–Crippen MR) is 63.9 cm³/mol. The highest BCUT2D eigenvalue weighted by Gasteiger charge is 1.89. The Labute approximate surface area is 93.1 Å². The van der Waals surface area contributed by atoms with Crippen molar-refractivity contribution in [2.24, 2.45) is 4.99 Å². The first-order valence-corrected chi connectivity index (χ1v) is 5.69. The molecule has 0 fully saturated rings. The van der Waals surface area contributed by atoms with E-state index >= 15 is 0 Å². The third-order valence-electron chi connectivity index (χ3n) is 1.78. The molecule has 0 aliphatic heterocycles. The van der Waals surface area contributed by atoms with Gasteiger partial charge in [-0.1, -0.05) is 15.9 Å². The number of nitrogens with zero attached hydrogens (tertiary/aromatic N) is 1. The second-order valence-corrected chi connectivity index (χ2v) is 3.64. The second-order valence-electron chi connectivity index (χ2n) is 2.85. The maximum absolute atomic E-state index is 5.06. The average Bonchev–Trinajstić information content (AvgIpc) is 2.25. The van der Waals surface area contributed by atoms with Gasteiger partial charge < -0.3 is 4.74 Å². The molecule has 3 heteroatoms. The molecule has 0 aliphatic rings. The van der Waals surface area contributed by atoms with Crippen LogP contribution in [-0.2, 0) is 0 Å². The number of methoxy groups -OCH3 is 1. The summed E-state index contributed by atoms with van der Waals surface area (Å²) >= 11 is 3.36. The van der Waals surface area contributed by atoms with Gasteiger partial charge >= 0.3 is 0 Å². The van der Waals surface area contributed by atoms with Crippen LogP contribution in [0.2, 0.25) is 0 Å². The van der Waals surface area contributed by atoms with Gasteiger partial charge in [0.05, 0.1) is 7.11 Å². The summed E-state index contributed by atoms with van der Waals surface area (Å²) < 4.78 is 5.06. The van der Waals surface area contributed by atoms with Crippen molar-refractivity contribution < 1.29 is 4.74 Å². The van der Waals surface area contributed by atoms with E-state index in [1.165, 1.54) is 0 Å². The number of halogens is 1. The SMILES string of the molecule is COc1ccc(/C=N/CCCBr)cc1. The zero-order chi connectivity index (χ0) is 10.2. The van der Waals surface area contributed by atoms with E-state index < -0.39 is 0 Å². The van der Waals surface area contributed by atoms with E-state index in [0.29, 0.717) is 0 Å². The summed E-state index contributed by atoms with van der Waals surface area (Å²) in [4.78, 5) is 4.29. The van der Waals surface area contributed by atoms with Crippen LogP contribution >= 0.6 is 15.9 Å². The number of hydrogen-bond donors (Lipinski definition) is 0. The molecule has 0 amide bonds. The molecule has 0 saturated heterocycles. The summed E-state index contributed by atoms with van der Waals surface area (Å²) in [5, 5.41) is 1.01. The van der Waals surface area contributed by atoms with Gasteiger partial charge in [0.15, 0.2) is 0 Å². The maximum atomic E-state index is 5.06. The van der Waals surface area contributed by atoms with Crippen molar-refractivity contribution in [3.63, 3.8) is 0 Å². The molecule has 0 bridgehead atoms. The molecular formula is C11H14BrNO. The molecule has 0 aliphatic carbocycles. The molecular weight excluding hydrogens is 242 g/mol. The summed E-state index contributed by atoms with van der Waals surface area (Å²) in [5.41, 5.74) is 1.11. The van der Waals surface area contributed by atoms with Crippen molar-refractivity contribution >= 4 is 22.1 Å². The molecule has 0 N–H and O–H groups in total. The number of ether oxygens (including phenoxy) is 1. The van der Waals surface area contributed by atoms with Crippen LogP contribution in [0.1, 0.15) is 12.0 Å². The fourth-order valence-electron chi connectivity index (χ4n) is 1.01. The molecule has 1 aromatic rings. The van der Waals surface area contributed by atoms with Crippen LogP contribution in [0, 0.1) is 0 Å². The fraction of sp³-hybridized carbons (Fsp3) is 0.364. The molecule has 14 heavy (non-hydrogen) atoms. The molecule has 0 unspecified atom stereocenters. The third kappa shape index (κ3) is 3.92. The Balaban J connectivity index is 2.47. The molecule has 0 saturated carbocycles. The smallest absolute Gasteiger partial charge is 0.118 e. The molecule has 0 spiro atoms. The van der Waals surface area contributed by atoms with Crippen LogP contribution < -0.4 is 4.74 Å². The second kappa shape index (κ2) is 6.60. The van der Waals surface area contributed by atoms with Crippen molar-refractivity contribution in [1.29, 1.82) is 0 Å². The average molecular weight is 256 g/mol. The van der Waals surface area contributed by atoms with E-state index in [9.17, 15) is 0 Å². The number of alkyl halides is 1. The number of hydrogen-bond acceptors (Lipinski definition) is 2. The topological polar surface area (TPSA) is 21.6 Å². The Hall–Kier alpha value is -0.830. The van der Waals surface area contributed by atoms with Crippen molar-refractivity contribution in [3.8, 4) is 5.75 Å². The Bertz CT molecular complexity index is 282. The molecule has 0 heterocycles. The van der Waals surface area contributed by atoms with Gasteiger partial charge in [0, 0.05) is 18.1 Å². The minimum absolute atomic E-state index is 0.872. The normalized spacial score (nSPS) is 10.7. The molecule has 1 rings (SSSR count). The highest BCUT2D eigenvalue weighted by atomic mass is 79.9. The van der Waals surface area contributed by atoms with E-state index in [1.807, 2.05) is 30.5 Å². The molecule has 1 aromatic carbocycles. The Morgan fingerprint density at radius 1 is 1.36 bits per heavy atom. The van der Waals surface area contributed by atoms with Crippen molar-refractivity contribution in [2.45, 2.75) is 6.42 Å². The van der Waals surface area contributed by atoms with Gasteiger partial charge in [-0.2, -0.15) is 0 Å². The predicted octanol–water partition coefficient (Wildman–Crippen LogP) is 2.90. The fourth-order valence-corrected chi connectivity index (χ4v) is 1.26. The van der Waals surface area contributed by atoms with E-state index in [-0.39, 0.29) is 0 Å². The van der Waals surface area contributed by atoms with Crippen molar-refractivity contribution in [2.75, 3.05) is 19.0 Å². The first-order valence-electron chi connectivity index (χ1n) is 4.56. The van der Waals surface area contributed by atoms with Crippen molar-refractivity contribution in [1.82, 2.24) is 0 Å². The lowest BCUT2D eigenvalue weighted by molar-refractivity contribution is 0.415. The lowest BCUT2D eigenvalue weighted by atomic mass is 10.2. The molecule has 0 atom stereocenters. The van der Waals surface area contributed by atoms with Crippen molar-refractivity contribution in [3.05, 3.63) is 29.8 Å². The van der Waals surface area contributed by atoms with Crippen LogP contribution in [0.5, 0.6) is 5.75 Å². The van der Waals surface area contributed by atoms with E-state index in [2.05, 4.69) is 20.9 Å². The summed E-state index contributed by atoms with van der Waals surface area (Å²) in [6, 6.07) is 7.87. The molecule has 0 aromatic heterocycles. The summed E-state index contributed by atoms with van der Waals surface area (Å²) in [6.45, 7) is 0.872. The van der Waals surface area contributed by atoms with E-state index in [4.69, 9.17) is 4.74 Å². The number of aliphatic imine (C=N–C) groups is 1. The van der Waals surface area contributed by atoms with Crippen LogP contribution in [0.15, 0.2) is 29.3 Å². The first-order chi connectivity index (χ1) is 6.86.